The van der Waals surface area contributed by atoms with E-state index in [2.05, 4.69) is 6.07 Å². The van der Waals surface area contributed by atoms with Crippen LogP contribution in [0.4, 0.5) is 8.78 Å². The Hall–Kier alpha value is -2.10. The van der Waals surface area contributed by atoms with E-state index in [1.165, 1.54) is 32.4 Å². The fourth-order valence-corrected chi connectivity index (χ4v) is 1.66. The zero-order valence-corrected chi connectivity index (χ0v) is 9.96. The summed E-state index contributed by atoms with van der Waals surface area (Å²) >= 11 is 0. The lowest BCUT2D eigenvalue weighted by Gasteiger charge is -2.09. The molecule has 0 aliphatic carbocycles. The molecule has 4 heteroatoms. The van der Waals surface area contributed by atoms with E-state index < -0.39 is 11.6 Å². The molecule has 0 fully saturated rings. The Labute approximate surface area is 104 Å². The normalized spacial score (nSPS) is 10.2. The van der Waals surface area contributed by atoms with Crippen molar-refractivity contribution in [1.29, 1.82) is 0 Å². The summed E-state index contributed by atoms with van der Waals surface area (Å²) in [7, 11) is 2.95. The Balaban J connectivity index is 2.63. The molecular formula is C14H11F2O2. The summed E-state index contributed by atoms with van der Waals surface area (Å²) in [5, 5.41) is 0. The van der Waals surface area contributed by atoms with Gasteiger partial charge in [0.15, 0.2) is 0 Å². The van der Waals surface area contributed by atoms with Gasteiger partial charge in [-0.2, -0.15) is 0 Å². The molecule has 0 unspecified atom stereocenters. The predicted octanol–water partition coefficient (Wildman–Crippen LogP) is 3.45. The highest BCUT2D eigenvalue weighted by atomic mass is 19.1. The highest BCUT2D eigenvalue weighted by Crippen LogP contribution is 2.32. The van der Waals surface area contributed by atoms with Crippen molar-refractivity contribution in [2.45, 2.75) is 0 Å². The largest absolute Gasteiger partial charge is 0.497 e. The van der Waals surface area contributed by atoms with Crippen LogP contribution >= 0.6 is 0 Å². The quantitative estimate of drug-likeness (QED) is 0.829. The first-order chi connectivity index (χ1) is 8.65. The molecule has 1 radical (unpaired) electrons. The highest BCUT2D eigenvalue weighted by molar-refractivity contribution is 5.68. The lowest BCUT2D eigenvalue weighted by Crippen LogP contribution is -1.93. The first-order valence-electron chi connectivity index (χ1n) is 5.25. The second-order valence-corrected chi connectivity index (χ2v) is 3.62. The number of rotatable bonds is 3. The van der Waals surface area contributed by atoms with Gasteiger partial charge in [0.1, 0.15) is 23.1 Å². The van der Waals surface area contributed by atoms with E-state index >= 15 is 0 Å². The molecule has 18 heavy (non-hydrogen) atoms. The summed E-state index contributed by atoms with van der Waals surface area (Å²) < 4.78 is 37.4. The first kappa shape index (κ1) is 12.4. The molecule has 2 nitrogen and oxygen atoms in total. The Morgan fingerprint density at radius 3 is 2.11 bits per heavy atom. The van der Waals surface area contributed by atoms with Gasteiger partial charge in [0.2, 0.25) is 0 Å². The predicted molar refractivity (Wildman–Crippen MR) is 63.7 cm³/mol. The van der Waals surface area contributed by atoms with Gasteiger partial charge >= 0.3 is 0 Å². The third-order valence-corrected chi connectivity index (χ3v) is 2.54. The molecule has 0 amide bonds. The Morgan fingerprint density at radius 2 is 1.61 bits per heavy atom. The van der Waals surface area contributed by atoms with Crippen molar-refractivity contribution in [3.05, 3.63) is 48.0 Å². The summed E-state index contributed by atoms with van der Waals surface area (Å²) in [5.41, 5.74) is 0.202. The molecule has 0 saturated heterocycles. The van der Waals surface area contributed by atoms with Gasteiger partial charge in [0.25, 0.3) is 0 Å². The molecule has 0 aliphatic rings. The third-order valence-electron chi connectivity index (χ3n) is 2.54. The second kappa shape index (κ2) is 5.04. The van der Waals surface area contributed by atoms with Crippen molar-refractivity contribution < 1.29 is 18.3 Å². The van der Waals surface area contributed by atoms with Crippen molar-refractivity contribution in [3.63, 3.8) is 0 Å². The molecule has 0 atom stereocenters. The molecule has 0 saturated carbocycles. The van der Waals surface area contributed by atoms with Gasteiger partial charge in [-0.3, -0.25) is 0 Å². The second-order valence-electron chi connectivity index (χ2n) is 3.62. The molecule has 0 N–H and O–H groups in total. The van der Waals surface area contributed by atoms with Crippen LogP contribution < -0.4 is 9.47 Å². The molecule has 93 valence electrons. The Morgan fingerprint density at radius 1 is 1.00 bits per heavy atom. The highest BCUT2D eigenvalue weighted by Gasteiger charge is 2.13. The zero-order chi connectivity index (χ0) is 13.1. The van der Waals surface area contributed by atoms with E-state index in [1.807, 2.05) is 0 Å². The van der Waals surface area contributed by atoms with E-state index in [4.69, 9.17) is 9.47 Å². The van der Waals surface area contributed by atoms with E-state index in [0.29, 0.717) is 17.1 Å². The van der Waals surface area contributed by atoms with Crippen LogP contribution in [0.1, 0.15) is 0 Å². The summed E-state index contributed by atoms with van der Waals surface area (Å²) in [6, 6.07) is 9.39. The maximum Gasteiger partial charge on any atom is 0.141 e. The van der Waals surface area contributed by atoms with E-state index in [1.54, 1.807) is 6.07 Å². The van der Waals surface area contributed by atoms with Crippen LogP contribution in [-0.4, -0.2) is 14.2 Å². The van der Waals surface area contributed by atoms with Gasteiger partial charge in [-0.15, -0.1) is 0 Å². The number of halogens is 2. The van der Waals surface area contributed by atoms with Crippen LogP contribution in [0.25, 0.3) is 11.1 Å². The first-order valence-corrected chi connectivity index (χ1v) is 5.25. The molecule has 0 heterocycles. The number of ether oxygens (including phenoxy) is 2. The van der Waals surface area contributed by atoms with Crippen molar-refractivity contribution in [2.24, 2.45) is 0 Å². The molecular weight excluding hydrogens is 238 g/mol. The smallest absolute Gasteiger partial charge is 0.141 e. The van der Waals surface area contributed by atoms with Gasteiger partial charge in [0.05, 0.1) is 19.8 Å². The average Bonchev–Trinajstić information content (AvgIpc) is 2.38. The van der Waals surface area contributed by atoms with Gasteiger partial charge < -0.3 is 9.47 Å². The van der Waals surface area contributed by atoms with E-state index in [0.717, 1.165) is 6.07 Å². The van der Waals surface area contributed by atoms with Crippen LogP contribution in [0, 0.1) is 17.7 Å². The summed E-state index contributed by atoms with van der Waals surface area (Å²) in [5.74, 6) is -0.467. The molecule has 0 aliphatic heterocycles. The monoisotopic (exact) mass is 249 g/mol. The van der Waals surface area contributed by atoms with Crippen LogP contribution in [0.15, 0.2) is 30.3 Å². The third kappa shape index (κ3) is 2.27. The van der Waals surface area contributed by atoms with Crippen LogP contribution in [-0.2, 0) is 0 Å². The summed E-state index contributed by atoms with van der Waals surface area (Å²) in [6.07, 6.45) is 0. The minimum Gasteiger partial charge on any atom is -0.497 e. The fraction of sp³-hybridized carbons (Fsp3) is 0.143. The van der Waals surface area contributed by atoms with Crippen molar-refractivity contribution in [2.75, 3.05) is 14.2 Å². The van der Waals surface area contributed by atoms with Crippen molar-refractivity contribution in [3.8, 4) is 22.6 Å². The summed E-state index contributed by atoms with van der Waals surface area (Å²) in [6.45, 7) is 0. The number of hydrogen-bond acceptors (Lipinski definition) is 2. The topological polar surface area (TPSA) is 18.5 Å². The number of benzene rings is 2. The van der Waals surface area contributed by atoms with Crippen molar-refractivity contribution in [1.82, 2.24) is 0 Å². The minimum absolute atomic E-state index is 0.144. The Kier molecular flexibility index (Phi) is 3.46. The lowest BCUT2D eigenvalue weighted by molar-refractivity contribution is 0.394. The van der Waals surface area contributed by atoms with E-state index in [9.17, 15) is 8.78 Å². The number of methoxy groups -OCH3 is 2. The maximum atomic E-state index is 13.7. The van der Waals surface area contributed by atoms with E-state index in [-0.39, 0.29) is 5.56 Å². The molecule has 2 aromatic carbocycles. The summed E-state index contributed by atoms with van der Waals surface area (Å²) in [4.78, 5) is 0. The lowest BCUT2D eigenvalue weighted by atomic mass is 10.0. The van der Waals surface area contributed by atoms with Gasteiger partial charge in [0, 0.05) is 12.1 Å². The Bertz CT molecular complexity index is 525. The number of hydrogen-bond donors (Lipinski definition) is 0. The van der Waals surface area contributed by atoms with Gasteiger partial charge in [-0.25, -0.2) is 8.78 Å². The average molecular weight is 249 g/mol. The molecule has 0 spiro atoms. The van der Waals surface area contributed by atoms with Gasteiger partial charge in [-0.05, 0) is 29.8 Å². The van der Waals surface area contributed by atoms with Crippen LogP contribution in [0.5, 0.6) is 11.5 Å². The SMILES string of the molecule is COc1cc(OC)cc(-c2c(F)[c]ccc2F)c1. The molecule has 0 bridgehead atoms. The van der Waals surface area contributed by atoms with Gasteiger partial charge in [-0.1, -0.05) is 0 Å². The minimum atomic E-state index is -0.745. The zero-order valence-electron chi connectivity index (χ0n) is 9.96. The van der Waals surface area contributed by atoms with Crippen molar-refractivity contribution >= 4 is 0 Å². The fourth-order valence-electron chi connectivity index (χ4n) is 1.66. The molecule has 0 aromatic heterocycles. The standard InChI is InChI=1S/C14H11F2O2/c1-17-10-6-9(7-11(8-10)18-2)14-12(15)4-3-5-13(14)16/h3-4,6-8H,1-2H3. The van der Waals surface area contributed by atoms with Crippen LogP contribution in [0.3, 0.4) is 0 Å². The molecule has 2 rings (SSSR count). The van der Waals surface area contributed by atoms with Crippen LogP contribution in [0.2, 0.25) is 0 Å². The maximum absolute atomic E-state index is 13.7. The molecule has 2 aromatic rings.